The molecule has 0 aliphatic heterocycles. The summed E-state index contributed by atoms with van der Waals surface area (Å²) in [7, 11) is 0. The SMILES string of the molecule is CCCn1cncc1CSc1nc(=O)[nH]c(C)c1C(=O)O. The maximum absolute atomic E-state index is 11.4. The summed E-state index contributed by atoms with van der Waals surface area (Å²) in [6.45, 7) is 4.47. The Morgan fingerprint density at radius 1 is 1.52 bits per heavy atom. The third kappa shape index (κ3) is 3.52. The molecule has 2 rings (SSSR count). The van der Waals surface area contributed by atoms with Crippen LogP contribution in [0.1, 0.15) is 35.1 Å². The predicted molar refractivity (Wildman–Crippen MR) is 78.6 cm³/mol. The van der Waals surface area contributed by atoms with Crippen molar-refractivity contribution < 1.29 is 9.90 Å². The van der Waals surface area contributed by atoms with Gasteiger partial charge >= 0.3 is 11.7 Å². The molecule has 8 heteroatoms. The fraction of sp³-hybridized carbons (Fsp3) is 0.385. The molecule has 2 aromatic heterocycles. The quantitative estimate of drug-likeness (QED) is 0.622. The van der Waals surface area contributed by atoms with Crippen molar-refractivity contribution in [1.82, 2.24) is 19.5 Å². The summed E-state index contributed by atoms with van der Waals surface area (Å²) in [6.07, 6.45) is 4.47. The van der Waals surface area contributed by atoms with Gasteiger partial charge in [-0.3, -0.25) is 0 Å². The van der Waals surface area contributed by atoms with Gasteiger partial charge in [0.05, 0.1) is 6.33 Å². The smallest absolute Gasteiger partial charge is 0.346 e. The van der Waals surface area contributed by atoms with Crippen LogP contribution in [0.2, 0.25) is 0 Å². The first kappa shape index (κ1) is 15.3. The van der Waals surface area contributed by atoms with Crippen molar-refractivity contribution >= 4 is 17.7 Å². The van der Waals surface area contributed by atoms with Crippen molar-refractivity contribution in [2.24, 2.45) is 0 Å². The van der Waals surface area contributed by atoms with Crippen molar-refractivity contribution in [3.63, 3.8) is 0 Å². The van der Waals surface area contributed by atoms with Crippen molar-refractivity contribution in [2.75, 3.05) is 0 Å². The molecule has 2 heterocycles. The van der Waals surface area contributed by atoms with E-state index in [0.29, 0.717) is 11.4 Å². The number of aromatic carboxylic acids is 1. The lowest BCUT2D eigenvalue weighted by Crippen LogP contribution is -2.18. The second-order valence-corrected chi connectivity index (χ2v) is 5.48. The first-order valence-electron chi connectivity index (χ1n) is 6.49. The lowest BCUT2D eigenvalue weighted by atomic mass is 10.2. The van der Waals surface area contributed by atoms with Gasteiger partial charge in [0.2, 0.25) is 0 Å². The number of rotatable bonds is 6. The molecule has 0 amide bonds. The number of thioether (sulfide) groups is 1. The van der Waals surface area contributed by atoms with Crippen LogP contribution >= 0.6 is 11.8 Å². The van der Waals surface area contributed by atoms with Crippen molar-refractivity contribution in [2.45, 2.75) is 37.6 Å². The Balaban J connectivity index is 2.25. The molecule has 21 heavy (non-hydrogen) atoms. The maximum Gasteiger partial charge on any atom is 0.346 e. The van der Waals surface area contributed by atoms with Crippen LogP contribution in [0, 0.1) is 6.92 Å². The number of carboxylic acid groups (broad SMARTS) is 1. The fourth-order valence-electron chi connectivity index (χ4n) is 1.97. The molecular formula is C13H16N4O3S. The van der Waals surface area contributed by atoms with Gasteiger partial charge in [-0.2, -0.15) is 4.98 Å². The second-order valence-electron chi connectivity index (χ2n) is 4.52. The van der Waals surface area contributed by atoms with Crippen LogP contribution in [0.3, 0.4) is 0 Å². The summed E-state index contributed by atoms with van der Waals surface area (Å²) in [4.78, 5) is 33.0. The van der Waals surface area contributed by atoms with Crippen LogP contribution in [0.25, 0.3) is 0 Å². The number of hydrogen-bond acceptors (Lipinski definition) is 5. The first-order valence-corrected chi connectivity index (χ1v) is 7.47. The number of aryl methyl sites for hydroxylation is 2. The monoisotopic (exact) mass is 308 g/mol. The standard InChI is InChI=1S/C13H16N4O3S/c1-3-4-17-7-14-5-9(17)6-21-11-10(12(18)19)8(2)15-13(20)16-11/h5,7H,3-4,6H2,1-2H3,(H,18,19)(H,15,16,20). The summed E-state index contributed by atoms with van der Waals surface area (Å²) in [5.74, 6) is -0.586. The third-order valence-electron chi connectivity index (χ3n) is 2.92. The van der Waals surface area contributed by atoms with Crippen molar-refractivity contribution in [1.29, 1.82) is 0 Å². The van der Waals surface area contributed by atoms with Gasteiger partial charge in [0, 0.05) is 29.9 Å². The van der Waals surface area contributed by atoms with Crippen molar-refractivity contribution in [3.05, 3.63) is 40.0 Å². The summed E-state index contributed by atoms with van der Waals surface area (Å²) >= 11 is 1.23. The zero-order chi connectivity index (χ0) is 15.4. The molecule has 0 aromatic carbocycles. The van der Waals surface area contributed by atoms with Crippen LogP contribution in [-0.4, -0.2) is 30.6 Å². The minimum atomic E-state index is -1.10. The van der Waals surface area contributed by atoms with Gasteiger partial charge in [-0.15, -0.1) is 0 Å². The number of H-pyrrole nitrogens is 1. The first-order chi connectivity index (χ1) is 10.0. The van der Waals surface area contributed by atoms with E-state index in [4.69, 9.17) is 0 Å². The van der Waals surface area contributed by atoms with Crippen LogP contribution in [0.5, 0.6) is 0 Å². The highest BCUT2D eigenvalue weighted by Gasteiger charge is 2.17. The van der Waals surface area contributed by atoms with Crippen LogP contribution in [-0.2, 0) is 12.3 Å². The van der Waals surface area contributed by atoms with E-state index in [1.807, 2.05) is 4.57 Å². The Morgan fingerprint density at radius 2 is 2.29 bits per heavy atom. The molecule has 112 valence electrons. The van der Waals surface area contributed by atoms with Crippen molar-refractivity contribution in [3.8, 4) is 0 Å². The molecule has 2 N–H and O–H groups in total. The summed E-state index contributed by atoms with van der Waals surface area (Å²) in [5, 5.41) is 9.47. The summed E-state index contributed by atoms with van der Waals surface area (Å²) in [6, 6.07) is 0. The van der Waals surface area contributed by atoms with Gasteiger partial charge < -0.3 is 14.7 Å². The number of nitrogens with zero attached hydrogens (tertiary/aromatic N) is 3. The summed E-state index contributed by atoms with van der Waals surface area (Å²) < 4.78 is 2.01. The normalized spacial score (nSPS) is 10.8. The Morgan fingerprint density at radius 3 is 2.95 bits per heavy atom. The van der Waals surface area contributed by atoms with E-state index >= 15 is 0 Å². The maximum atomic E-state index is 11.4. The van der Waals surface area contributed by atoms with Gasteiger partial charge in [-0.25, -0.2) is 14.6 Å². The number of aromatic nitrogens is 4. The molecule has 0 saturated carbocycles. The van der Waals surface area contributed by atoms with E-state index in [1.165, 1.54) is 11.8 Å². The highest BCUT2D eigenvalue weighted by molar-refractivity contribution is 7.98. The average molecular weight is 308 g/mol. The van der Waals surface area contributed by atoms with Gasteiger partial charge in [0.1, 0.15) is 10.6 Å². The van der Waals surface area contributed by atoms with Crippen LogP contribution in [0.15, 0.2) is 22.3 Å². The molecule has 0 aliphatic carbocycles. The molecule has 0 aliphatic rings. The molecule has 7 nitrogen and oxygen atoms in total. The van der Waals surface area contributed by atoms with E-state index in [1.54, 1.807) is 19.4 Å². The fourth-order valence-corrected chi connectivity index (χ4v) is 3.03. The van der Waals surface area contributed by atoms with Gasteiger partial charge in [-0.1, -0.05) is 18.7 Å². The molecule has 0 unspecified atom stereocenters. The third-order valence-corrected chi connectivity index (χ3v) is 3.93. The number of carbonyl (C=O) groups is 1. The van der Waals surface area contributed by atoms with Gasteiger partial charge in [0.15, 0.2) is 0 Å². The molecular weight excluding hydrogens is 292 g/mol. The number of imidazole rings is 1. The number of nitrogens with one attached hydrogen (secondary N) is 1. The molecule has 2 aromatic rings. The lowest BCUT2D eigenvalue weighted by molar-refractivity contribution is 0.0690. The largest absolute Gasteiger partial charge is 0.478 e. The van der Waals surface area contributed by atoms with Crippen LogP contribution < -0.4 is 5.69 Å². The van der Waals surface area contributed by atoms with E-state index < -0.39 is 11.7 Å². The molecule has 0 radical (unpaired) electrons. The Kier molecular flexibility index (Phi) is 4.79. The molecule has 0 fully saturated rings. The lowest BCUT2D eigenvalue weighted by Gasteiger charge is -2.08. The molecule has 0 spiro atoms. The minimum Gasteiger partial charge on any atom is -0.478 e. The van der Waals surface area contributed by atoms with E-state index in [-0.39, 0.29) is 10.6 Å². The van der Waals surface area contributed by atoms with E-state index in [2.05, 4.69) is 21.9 Å². The van der Waals surface area contributed by atoms with Gasteiger partial charge in [0.25, 0.3) is 0 Å². The Hall–Kier alpha value is -2.09. The Labute approximate surface area is 125 Å². The molecule has 0 atom stereocenters. The number of aromatic amines is 1. The van der Waals surface area contributed by atoms with Crippen LogP contribution in [0.4, 0.5) is 0 Å². The second kappa shape index (κ2) is 6.57. The predicted octanol–water partition coefficient (Wildman–Crippen LogP) is 1.68. The number of carboxylic acids is 1. The highest BCUT2D eigenvalue weighted by Crippen LogP contribution is 2.24. The zero-order valence-corrected chi connectivity index (χ0v) is 12.6. The minimum absolute atomic E-state index is 0.0427. The molecule has 0 saturated heterocycles. The topological polar surface area (TPSA) is 101 Å². The van der Waals surface area contributed by atoms with Gasteiger partial charge in [-0.05, 0) is 13.3 Å². The summed E-state index contributed by atoms with van der Waals surface area (Å²) in [5.41, 5.74) is 0.785. The highest BCUT2D eigenvalue weighted by atomic mass is 32.2. The average Bonchev–Trinajstić information content (AvgIpc) is 2.83. The zero-order valence-electron chi connectivity index (χ0n) is 11.8. The number of hydrogen-bond donors (Lipinski definition) is 2. The van der Waals surface area contributed by atoms with E-state index in [9.17, 15) is 14.7 Å². The van der Waals surface area contributed by atoms with E-state index in [0.717, 1.165) is 18.7 Å². The Bertz CT molecular complexity index is 708. The molecule has 0 bridgehead atoms.